The van der Waals surface area contributed by atoms with Gasteiger partial charge in [-0.3, -0.25) is 0 Å². The lowest BCUT2D eigenvalue weighted by molar-refractivity contribution is -0.107. The molecule has 0 amide bonds. The molecule has 0 spiro atoms. The molecule has 0 saturated carbocycles. The van der Waals surface area contributed by atoms with Crippen LogP contribution in [-0.4, -0.2) is 6.29 Å². The topological polar surface area (TPSA) is 17.1 Å². The van der Waals surface area contributed by atoms with Gasteiger partial charge < -0.3 is 4.79 Å². The molecule has 0 radical (unpaired) electrons. The predicted molar refractivity (Wildman–Crippen MR) is 57.7 cm³/mol. The lowest BCUT2D eigenvalue weighted by atomic mass is 10.1. The van der Waals surface area contributed by atoms with E-state index in [4.69, 9.17) is 0 Å². The maximum absolute atomic E-state index is 10.2. The van der Waals surface area contributed by atoms with Gasteiger partial charge in [-0.2, -0.15) is 0 Å². The van der Waals surface area contributed by atoms with E-state index in [1.165, 1.54) is 5.56 Å². The summed E-state index contributed by atoms with van der Waals surface area (Å²) < 4.78 is 1.06. The molecular weight excluding hydrogens is 228 g/mol. The summed E-state index contributed by atoms with van der Waals surface area (Å²) in [7, 11) is 0. The lowest BCUT2D eigenvalue weighted by Gasteiger charge is -2.02. The molecule has 68 valence electrons. The van der Waals surface area contributed by atoms with E-state index < -0.39 is 0 Å². The monoisotopic (exact) mass is 238 g/mol. The number of hydrogen-bond donors (Lipinski definition) is 0. The molecule has 0 aliphatic rings. The Morgan fingerprint density at radius 3 is 2.92 bits per heavy atom. The maximum atomic E-state index is 10.2. The first-order chi connectivity index (χ1) is 6.22. The molecule has 0 aliphatic carbocycles. The summed E-state index contributed by atoms with van der Waals surface area (Å²) in [5.41, 5.74) is 2.13. The third kappa shape index (κ3) is 3.55. The predicted octanol–water partition coefficient (Wildman–Crippen LogP) is 3.14. The van der Waals surface area contributed by atoms with E-state index in [0.29, 0.717) is 6.42 Å². The van der Waals surface area contributed by atoms with Gasteiger partial charge >= 0.3 is 0 Å². The van der Waals surface area contributed by atoms with Gasteiger partial charge in [0, 0.05) is 10.9 Å². The molecule has 0 unspecified atom stereocenters. The van der Waals surface area contributed by atoms with Crippen LogP contribution in [0.3, 0.4) is 0 Å². The second-order valence-electron chi connectivity index (χ2n) is 2.93. The SMILES string of the molecule is C=C(CC=O)Cc1cccc(Br)c1. The smallest absolute Gasteiger partial charge is 0.124 e. The Balaban J connectivity index is 2.63. The van der Waals surface area contributed by atoms with Gasteiger partial charge in [-0.05, 0) is 24.1 Å². The van der Waals surface area contributed by atoms with Crippen molar-refractivity contribution >= 4 is 22.2 Å². The first kappa shape index (κ1) is 10.2. The molecule has 0 aromatic heterocycles. The van der Waals surface area contributed by atoms with E-state index in [9.17, 15) is 4.79 Å². The molecule has 0 N–H and O–H groups in total. The van der Waals surface area contributed by atoms with Crippen LogP contribution in [0.25, 0.3) is 0 Å². The molecular formula is C11H11BrO. The third-order valence-electron chi connectivity index (χ3n) is 1.72. The number of carbonyl (C=O) groups excluding carboxylic acids is 1. The molecule has 2 heteroatoms. The van der Waals surface area contributed by atoms with Crippen molar-refractivity contribution < 1.29 is 4.79 Å². The van der Waals surface area contributed by atoms with Crippen molar-refractivity contribution in [3.8, 4) is 0 Å². The van der Waals surface area contributed by atoms with E-state index in [1.54, 1.807) is 0 Å². The minimum atomic E-state index is 0.451. The van der Waals surface area contributed by atoms with E-state index in [-0.39, 0.29) is 0 Å². The Morgan fingerprint density at radius 2 is 2.31 bits per heavy atom. The second-order valence-corrected chi connectivity index (χ2v) is 3.84. The largest absolute Gasteiger partial charge is 0.303 e. The third-order valence-corrected chi connectivity index (χ3v) is 2.21. The van der Waals surface area contributed by atoms with Crippen LogP contribution in [0.2, 0.25) is 0 Å². The van der Waals surface area contributed by atoms with E-state index in [1.807, 2.05) is 24.3 Å². The summed E-state index contributed by atoms with van der Waals surface area (Å²) in [6.07, 6.45) is 2.12. The summed E-state index contributed by atoms with van der Waals surface area (Å²) in [4.78, 5) is 10.2. The van der Waals surface area contributed by atoms with Crippen molar-refractivity contribution in [2.75, 3.05) is 0 Å². The van der Waals surface area contributed by atoms with Gasteiger partial charge in [0.1, 0.15) is 6.29 Å². The minimum absolute atomic E-state index is 0.451. The van der Waals surface area contributed by atoms with Crippen LogP contribution in [0.5, 0.6) is 0 Å². The number of halogens is 1. The molecule has 1 rings (SSSR count). The van der Waals surface area contributed by atoms with Crippen LogP contribution in [0.1, 0.15) is 12.0 Å². The molecule has 1 aromatic rings. The highest BCUT2D eigenvalue weighted by Crippen LogP contribution is 2.14. The Bertz CT molecular complexity index is 318. The lowest BCUT2D eigenvalue weighted by Crippen LogP contribution is -1.89. The Morgan fingerprint density at radius 1 is 1.54 bits per heavy atom. The molecule has 0 saturated heterocycles. The fraction of sp³-hybridized carbons (Fsp3) is 0.182. The highest BCUT2D eigenvalue weighted by Gasteiger charge is 1.97. The highest BCUT2D eigenvalue weighted by atomic mass is 79.9. The van der Waals surface area contributed by atoms with Crippen molar-refractivity contribution in [3.63, 3.8) is 0 Å². The zero-order valence-corrected chi connectivity index (χ0v) is 8.88. The molecule has 0 aliphatic heterocycles. The van der Waals surface area contributed by atoms with Crippen LogP contribution >= 0.6 is 15.9 Å². The van der Waals surface area contributed by atoms with Crippen LogP contribution < -0.4 is 0 Å². The Hall–Kier alpha value is -0.890. The summed E-state index contributed by atoms with van der Waals surface area (Å²) in [5.74, 6) is 0. The van der Waals surface area contributed by atoms with Crippen LogP contribution in [-0.2, 0) is 11.2 Å². The van der Waals surface area contributed by atoms with Crippen molar-refractivity contribution in [2.45, 2.75) is 12.8 Å². The van der Waals surface area contributed by atoms with Crippen LogP contribution in [0, 0.1) is 0 Å². The van der Waals surface area contributed by atoms with Gasteiger partial charge in [0.15, 0.2) is 0 Å². The normalized spacial score (nSPS) is 9.62. The quantitative estimate of drug-likeness (QED) is 0.582. The first-order valence-electron chi connectivity index (χ1n) is 4.07. The van der Waals surface area contributed by atoms with Crippen LogP contribution in [0.4, 0.5) is 0 Å². The van der Waals surface area contributed by atoms with Crippen molar-refractivity contribution in [3.05, 3.63) is 46.5 Å². The van der Waals surface area contributed by atoms with E-state index in [0.717, 1.165) is 22.8 Å². The number of carbonyl (C=O) groups is 1. The average Bonchev–Trinajstić information content (AvgIpc) is 2.04. The molecule has 0 atom stereocenters. The van der Waals surface area contributed by atoms with Gasteiger partial charge in [0.05, 0.1) is 0 Å². The second kappa shape index (κ2) is 4.97. The molecule has 1 nitrogen and oxygen atoms in total. The van der Waals surface area contributed by atoms with Crippen molar-refractivity contribution in [1.82, 2.24) is 0 Å². The first-order valence-corrected chi connectivity index (χ1v) is 4.86. The van der Waals surface area contributed by atoms with Crippen LogP contribution in [0.15, 0.2) is 40.9 Å². The number of benzene rings is 1. The van der Waals surface area contributed by atoms with E-state index in [2.05, 4.69) is 22.5 Å². The van der Waals surface area contributed by atoms with Crippen molar-refractivity contribution in [1.29, 1.82) is 0 Å². The molecule has 0 bridgehead atoms. The minimum Gasteiger partial charge on any atom is -0.303 e. The zero-order chi connectivity index (χ0) is 9.68. The van der Waals surface area contributed by atoms with Crippen molar-refractivity contribution in [2.24, 2.45) is 0 Å². The summed E-state index contributed by atoms with van der Waals surface area (Å²) in [6, 6.07) is 8.02. The van der Waals surface area contributed by atoms with Gasteiger partial charge in [-0.15, -0.1) is 0 Å². The summed E-state index contributed by atoms with van der Waals surface area (Å²) in [6.45, 7) is 3.82. The number of allylic oxidation sites excluding steroid dienone is 1. The fourth-order valence-corrected chi connectivity index (χ4v) is 1.57. The molecule has 0 heterocycles. The van der Waals surface area contributed by atoms with E-state index >= 15 is 0 Å². The number of hydrogen-bond acceptors (Lipinski definition) is 1. The maximum Gasteiger partial charge on any atom is 0.124 e. The zero-order valence-electron chi connectivity index (χ0n) is 7.29. The Kier molecular flexibility index (Phi) is 3.90. The molecule has 1 aromatic carbocycles. The fourth-order valence-electron chi connectivity index (χ4n) is 1.13. The van der Waals surface area contributed by atoms with Gasteiger partial charge in [0.2, 0.25) is 0 Å². The number of aldehydes is 1. The molecule has 13 heavy (non-hydrogen) atoms. The van der Waals surface area contributed by atoms with Gasteiger partial charge in [-0.25, -0.2) is 0 Å². The van der Waals surface area contributed by atoms with Gasteiger partial charge in [0.25, 0.3) is 0 Å². The highest BCUT2D eigenvalue weighted by molar-refractivity contribution is 9.10. The summed E-state index contributed by atoms with van der Waals surface area (Å²) >= 11 is 3.39. The average molecular weight is 239 g/mol. The number of rotatable bonds is 4. The van der Waals surface area contributed by atoms with Gasteiger partial charge in [-0.1, -0.05) is 40.2 Å². The standard InChI is InChI=1S/C11H11BrO/c1-9(5-6-13)7-10-3-2-4-11(12)8-10/h2-4,6,8H,1,5,7H2. The Labute approximate surface area is 86.6 Å². The molecule has 0 fully saturated rings. The summed E-state index contributed by atoms with van der Waals surface area (Å²) in [5, 5.41) is 0.